The summed E-state index contributed by atoms with van der Waals surface area (Å²) in [6.07, 6.45) is 3.34. The smallest absolute Gasteiger partial charge is 0.291 e. The molecule has 1 amide bonds. The van der Waals surface area contributed by atoms with E-state index < -0.39 is 0 Å². The molecule has 94 valence electrons. The van der Waals surface area contributed by atoms with E-state index in [4.69, 9.17) is 15.6 Å². The van der Waals surface area contributed by atoms with Crippen LogP contribution in [0.1, 0.15) is 15.4 Å². The van der Waals surface area contributed by atoms with Gasteiger partial charge in [0.25, 0.3) is 5.91 Å². The van der Waals surface area contributed by atoms with E-state index in [9.17, 15) is 4.79 Å². The van der Waals surface area contributed by atoms with Gasteiger partial charge in [-0.1, -0.05) is 0 Å². The molecular formula is C11H11N3O2S2. The van der Waals surface area contributed by atoms with Gasteiger partial charge in [-0.15, -0.1) is 23.1 Å². The third-order valence-corrected chi connectivity index (χ3v) is 4.45. The molecule has 7 heteroatoms. The van der Waals surface area contributed by atoms with Gasteiger partial charge in [0.1, 0.15) is 5.84 Å². The van der Waals surface area contributed by atoms with Gasteiger partial charge >= 0.3 is 0 Å². The second-order valence-electron chi connectivity index (χ2n) is 3.36. The summed E-state index contributed by atoms with van der Waals surface area (Å²) in [5, 5.41) is 10.1. The van der Waals surface area contributed by atoms with Gasteiger partial charge in [0.15, 0.2) is 5.76 Å². The lowest BCUT2D eigenvalue weighted by Gasteiger charge is -2.02. The molecule has 0 saturated carbocycles. The Morgan fingerprint density at radius 2 is 2.39 bits per heavy atom. The molecule has 2 rings (SSSR count). The molecule has 0 fully saturated rings. The largest absolute Gasteiger partial charge is 0.459 e. The highest BCUT2D eigenvalue weighted by Crippen LogP contribution is 2.34. The molecule has 0 spiro atoms. The molecule has 5 nitrogen and oxygen atoms in total. The highest BCUT2D eigenvalue weighted by atomic mass is 32.2. The number of hydrogen-bond acceptors (Lipinski definition) is 5. The van der Waals surface area contributed by atoms with Gasteiger partial charge in [0.05, 0.1) is 21.0 Å². The predicted molar refractivity (Wildman–Crippen MR) is 73.8 cm³/mol. The van der Waals surface area contributed by atoms with Crippen LogP contribution < -0.4 is 11.1 Å². The highest BCUT2D eigenvalue weighted by molar-refractivity contribution is 8.00. The Morgan fingerprint density at radius 3 is 2.94 bits per heavy atom. The monoisotopic (exact) mass is 281 g/mol. The predicted octanol–water partition coefficient (Wildman–Crippen LogP) is 2.60. The minimum absolute atomic E-state index is 0.00574. The van der Waals surface area contributed by atoms with Gasteiger partial charge < -0.3 is 15.5 Å². The van der Waals surface area contributed by atoms with Crippen LogP contribution in [0.3, 0.4) is 0 Å². The average molecular weight is 281 g/mol. The van der Waals surface area contributed by atoms with Gasteiger partial charge in [-0.25, -0.2) is 0 Å². The van der Waals surface area contributed by atoms with Crippen molar-refractivity contribution in [3.63, 3.8) is 0 Å². The van der Waals surface area contributed by atoms with Crippen LogP contribution in [0, 0.1) is 5.41 Å². The zero-order valence-corrected chi connectivity index (χ0v) is 11.2. The third-order valence-electron chi connectivity index (χ3n) is 2.14. The number of rotatable bonds is 4. The molecule has 4 N–H and O–H groups in total. The number of nitrogens with one attached hydrogen (secondary N) is 2. The lowest BCUT2D eigenvalue weighted by atomic mass is 10.3. The number of amidine groups is 1. The highest BCUT2D eigenvalue weighted by Gasteiger charge is 2.15. The maximum Gasteiger partial charge on any atom is 0.291 e. The molecule has 0 atom stereocenters. The molecule has 0 bridgehead atoms. The van der Waals surface area contributed by atoms with Crippen molar-refractivity contribution in [1.29, 1.82) is 5.41 Å². The van der Waals surface area contributed by atoms with Crippen molar-refractivity contribution < 1.29 is 9.21 Å². The van der Waals surface area contributed by atoms with E-state index in [2.05, 4.69) is 5.32 Å². The molecule has 2 heterocycles. The molecule has 0 aliphatic carbocycles. The number of thioether (sulfide) groups is 1. The summed E-state index contributed by atoms with van der Waals surface area (Å²) in [5.74, 6) is -0.0744. The SMILES string of the molecule is CSc1sc(C(=N)N)cc1NC(=O)c1ccco1. The van der Waals surface area contributed by atoms with Gasteiger partial charge in [-0.05, 0) is 24.5 Å². The quantitative estimate of drug-likeness (QED) is 0.456. The van der Waals surface area contributed by atoms with E-state index in [0.29, 0.717) is 10.6 Å². The summed E-state index contributed by atoms with van der Waals surface area (Å²) in [6.45, 7) is 0. The molecule has 18 heavy (non-hydrogen) atoms. The molecule has 2 aromatic rings. The van der Waals surface area contributed by atoms with Crippen molar-refractivity contribution in [3.8, 4) is 0 Å². The van der Waals surface area contributed by atoms with E-state index in [1.165, 1.54) is 29.4 Å². The van der Waals surface area contributed by atoms with Crippen molar-refractivity contribution in [3.05, 3.63) is 35.1 Å². The third kappa shape index (κ3) is 2.57. The maximum atomic E-state index is 11.8. The Balaban J connectivity index is 2.23. The first-order valence-corrected chi connectivity index (χ1v) is 7.03. The van der Waals surface area contributed by atoms with Crippen LogP contribution in [0.25, 0.3) is 0 Å². The van der Waals surface area contributed by atoms with E-state index >= 15 is 0 Å². The fourth-order valence-corrected chi connectivity index (χ4v) is 2.98. The van der Waals surface area contributed by atoms with Crippen molar-refractivity contribution in [2.75, 3.05) is 11.6 Å². The molecule has 0 saturated heterocycles. The summed E-state index contributed by atoms with van der Waals surface area (Å²) >= 11 is 2.87. The summed E-state index contributed by atoms with van der Waals surface area (Å²) in [4.78, 5) is 12.5. The summed E-state index contributed by atoms with van der Waals surface area (Å²) in [6, 6.07) is 4.94. The molecule has 0 unspecified atom stereocenters. The number of nitrogen functional groups attached to an aromatic ring is 1. The van der Waals surface area contributed by atoms with Crippen molar-refractivity contribution >= 4 is 40.5 Å². The van der Waals surface area contributed by atoms with Gasteiger partial charge in [-0.3, -0.25) is 10.2 Å². The van der Waals surface area contributed by atoms with Crippen LogP contribution in [0.5, 0.6) is 0 Å². The zero-order chi connectivity index (χ0) is 13.1. The second kappa shape index (κ2) is 5.28. The molecule has 0 aliphatic heterocycles. The first-order chi connectivity index (χ1) is 8.61. The Morgan fingerprint density at radius 1 is 1.61 bits per heavy atom. The van der Waals surface area contributed by atoms with Crippen LogP contribution >= 0.6 is 23.1 Å². The van der Waals surface area contributed by atoms with Crippen molar-refractivity contribution in [2.24, 2.45) is 5.73 Å². The van der Waals surface area contributed by atoms with Gasteiger partial charge in [0, 0.05) is 0 Å². The van der Waals surface area contributed by atoms with E-state index in [1.54, 1.807) is 18.2 Å². The number of nitrogens with two attached hydrogens (primary N) is 1. The number of hydrogen-bond donors (Lipinski definition) is 3. The number of thiophene rings is 1. The zero-order valence-electron chi connectivity index (χ0n) is 9.52. The Labute approximate surface area is 112 Å². The van der Waals surface area contributed by atoms with Gasteiger partial charge in [0.2, 0.25) is 0 Å². The van der Waals surface area contributed by atoms with Crippen LogP contribution in [-0.4, -0.2) is 18.0 Å². The number of furan rings is 1. The topological polar surface area (TPSA) is 92.1 Å². The van der Waals surface area contributed by atoms with Gasteiger partial charge in [-0.2, -0.15) is 0 Å². The Hall–Kier alpha value is -1.73. The fraction of sp³-hybridized carbons (Fsp3) is 0.0909. The Kier molecular flexibility index (Phi) is 3.73. The molecule has 0 aromatic carbocycles. The first-order valence-electron chi connectivity index (χ1n) is 4.99. The van der Waals surface area contributed by atoms with Crippen LogP contribution in [0.2, 0.25) is 0 Å². The summed E-state index contributed by atoms with van der Waals surface area (Å²) < 4.78 is 5.92. The minimum Gasteiger partial charge on any atom is -0.459 e. The molecular weight excluding hydrogens is 270 g/mol. The average Bonchev–Trinajstić information content (AvgIpc) is 2.97. The van der Waals surface area contributed by atoms with E-state index in [0.717, 1.165) is 4.21 Å². The first kappa shape index (κ1) is 12.7. The number of carbonyl (C=O) groups excluding carboxylic acids is 1. The molecule has 2 aromatic heterocycles. The lowest BCUT2D eigenvalue weighted by Crippen LogP contribution is -2.11. The normalized spacial score (nSPS) is 10.3. The van der Waals surface area contributed by atoms with Crippen LogP contribution in [0.15, 0.2) is 33.1 Å². The maximum absolute atomic E-state index is 11.8. The fourth-order valence-electron chi connectivity index (χ4n) is 1.34. The molecule has 0 aliphatic rings. The lowest BCUT2D eigenvalue weighted by molar-refractivity contribution is 0.0996. The second-order valence-corrected chi connectivity index (χ2v) is 5.49. The molecule has 0 radical (unpaired) electrons. The van der Waals surface area contributed by atoms with Crippen molar-refractivity contribution in [2.45, 2.75) is 4.21 Å². The number of anilines is 1. The number of amides is 1. The summed E-state index contributed by atoms with van der Waals surface area (Å²) in [7, 11) is 0. The van der Waals surface area contributed by atoms with Crippen LogP contribution in [-0.2, 0) is 0 Å². The Bertz CT molecular complexity index is 575. The van der Waals surface area contributed by atoms with Crippen LogP contribution in [0.4, 0.5) is 5.69 Å². The van der Waals surface area contributed by atoms with E-state index in [-0.39, 0.29) is 17.5 Å². The number of carbonyl (C=O) groups is 1. The van der Waals surface area contributed by atoms with Crippen molar-refractivity contribution in [1.82, 2.24) is 0 Å². The summed E-state index contributed by atoms with van der Waals surface area (Å²) in [5.41, 5.74) is 6.08. The minimum atomic E-state index is -0.316. The van der Waals surface area contributed by atoms with E-state index in [1.807, 2.05) is 6.26 Å². The standard InChI is InChI=1S/C11H11N3O2S2/c1-17-11-6(5-8(18-11)9(12)13)14-10(15)7-3-2-4-16-7/h2-5H,1H3,(H3,12,13)(H,14,15).